The van der Waals surface area contributed by atoms with Crippen molar-refractivity contribution < 1.29 is 4.52 Å². The van der Waals surface area contributed by atoms with Crippen molar-refractivity contribution >= 4 is 11.6 Å². The lowest BCUT2D eigenvalue weighted by molar-refractivity contribution is 0.376. The van der Waals surface area contributed by atoms with E-state index in [0.29, 0.717) is 5.89 Å². The van der Waals surface area contributed by atoms with E-state index in [1.54, 1.807) is 0 Å². The Morgan fingerprint density at radius 1 is 1.10 bits per heavy atom. The predicted molar refractivity (Wildman–Crippen MR) is 78.6 cm³/mol. The third-order valence-electron chi connectivity index (χ3n) is 3.76. The summed E-state index contributed by atoms with van der Waals surface area (Å²) in [6.07, 6.45) is 5.28. The number of nitrogens with two attached hydrogens (primary N) is 1. The minimum Gasteiger partial charge on any atom is -0.399 e. The molecule has 2 heterocycles. The van der Waals surface area contributed by atoms with E-state index in [1.165, 1.54) is 19.3 Å². The molecular formula is C15H20N4O. The number of para-hydroxylation sites is 1. The molecule has 20 heavy (non-hydrogen) atoms. The molecule has 0 bridgehead atoms. The normalized spacial score (nSPS) is 15.5. The van der Waals surface area contributed by atoms with Crippen LogP contribution in [-0.4, -0.2) is 23.2 Å². The van der Waals surface area contributed by atoms with Gasteiger partial charge in [0.1, 0.15) is 0 Å². The molecule has 0 radical (unpaired) electrons. The van der Waals surface area contributed by atoms with E-state index in [2.05, 4.69) is 15.0 Å². The summed E-state index contributed by atoms with van der Waals surface area (Å²) < 4.78 is 5.34. The lowest BCUT2D eigenvalue weighted by atomic mass is 10.1. The maximum absolute atomic E-state index is 5.93. The molecule has 1 aliphatic rings. The zero-order valence-electron chi connectivity index (χ0n) is 11.6. The van der Waals surface area contributed by atoms with Crippen molar-refractivity contribution in [2.24, 2.45) is 0 Å². The molecule has 1 fully saturated rings. The molecule has 2 N–H and O–H groups in total. The van der Waals surface area contributed by atoms with Crippen LogP contribution in [0.3, 0.4) is 0 Å². The summed E-state index contributed by atoms with van der Waals surface area (Å²) in [6.45, 7) is 2.06. The van der Waals surface area contributed by atoms with Gasteiger partial charge in [-0.3, -0.25) is 0 Å². The number of aryl methyl sites for hydroxylation is 2. The summed E-state index contributed by atoms with van der Waals surface area (Å²) in [5.74, 6) is 1.43. The minimum absolute atomic E-state index is 0.689. The zero-order valence-corrected chi connectivity index (χ0v) is 11.6. The molecule has 0 saturated carbocycles. The van der Waals surface area contributed by atoms with Gasteiger partial charge in [0.15, 0.2) is 0 Å². The Morgan fingerprint density at radius 2 is 1.90 bits per heavy atom. The highest BCUT2D eigenvalue weighted by Crippen LogP contribution is 2.18. The Labute approximate surface area is 118 Å². The first-order chi connectivity index (χ1) is 9.83. The number of rotatable bonds is 4. The van der Waals surface area contributed by atoms with E-state index in [4.69, 9.17) is 10.3 Å². The van der Waals surface area contributed by atoms with Crippen LogP contribution in [0.1, 0.15) is 30.7 Å². The van der Waals surface area contributed by atoms with Crippen LogP contribution in [0.4, 0.5) is 11.6 Å². The molecule has 1 aromatic heterocycles. The van der Waals surface area contributed by atoms with E-state index in [1.807, 2.05) is 24.3 Å². The highest BCUT2D eigenvalue weighted by Gasteiger charge is 2.16. The van der Waals surface area contributed by atoms with Gasteiger partial charge in [0, 0.05) is 25.2 Å². The van der Waals surface area contributed by atoms with E-state index in [0.717, 1.165) is 43.1 Å². The van der Waals surface area contributed by atoms with Gasteiger partial charge in [-0.15, -0.1) is 0 Å². The molecule has 5 heteroatoms. The lowest BCUT2D eigenvalue weighted by Crippen LogP contribution is -2.30. The molecule has 1 aromatic carbocycles. The molecule has 106 valence electrons. The fourth-order valence-corrected chi connectivity index (χ4v) is 2.57. The van der Waals surface area contributed by atoms with Gasteiger partial charge >= 0.3 is 0 Å². The second-order valence-corrected chi connectivity index (χ2v) is 5.23. The monoisotopic (exact) mass is 272 g/mol. The van der Waals surface area contributed by atoms with Gasteiger partial charge in [0.2, 0.25) is 5.89 Å². The average Bonchev–Trinajstić information content (AvgIpc) is 2.96. The number of aromatic nitrogens is 2. The smallest absolute Gasteiger partial charge is 0.266 e. The van der Waals surface area contributed by atoms with Crippen LogP contribution in [0.2, 0.25) is 0 Å². The first-order valence-electron chi connectivity index (χ1n) is 7.24. The van der Waals surface area contributed by atoms with E-state index in [9.17, 15) is 0 Å². The Kier molecular flexibility index (Phi) is 3.85. The largest absolute Gasteiger partial charge is 0.399 e. The SMILES string of the molecule is Nc1ccccc1CCc1nc(N2CCCCC2)no1. The number of nitrogen functional groups attached to an aromatic ring is 1. The number of benzene rings is 1. The topological polar surface area (TPSA) is 68.2 Å². The van der Waals surface area contributed by atoms with Crippen LogP contribution in [-0.2, 0) is 12.8 Å². The molecule has 0 unspecified atom stereocenters. The summed E-state index contributed by atoms with van der Waals surface area (Å²) in [5, 5.41) is 4.08. The van der Waals surface area contributed by atoms with Gasteiger partial charge in [-0.25, -0.2) is 0 Å². The summed E-state index contributed by atoms with van der Waals surface area (Å²) in [6, 6.07) is 7.90. The third-order valence-corrected chi connectivity index (χ3v) is 3.76. The first kappa shape index (κ1) is 13.0. The molecule has 0 spiro atoms. The van der Waals surface area contributed by atoms with E-state index < -0.39 is 0 Å². The van der Waals surface area contributed by atoms with Gasteiger partial charge < -0.3 is 15.2 Å². The van der Waals surface area contributed by atoms with Crippen molar-refractivity contribution in [1.82, 2.24) is 10.1 Å². The summed E-state index contributed by atoms with van der Waals surface area (Å²) in [4.78, 5) is 6.69. The van der Waals surface area contributed by atoms with E-state index >= 15 is 0 Å². The Balaban J connectivity index is 1.61. The predicted octanol–water partition coefficient (Wildman–Crippen LogP) is 2.43. The van der Waals surface area contributed by atoms with Crippen LogP contribution in [0.5, 0.6) is 0 Å². The maximum atomic E-state index is 5.93. The number of anilines is 2. The van der Waals surface area contributed by atoms with Crippen molar-refractivity contribution in [1.29, 1.82) is 0 Å². The molecule has 5 nitrogen and oxygen atoms in total. The summed E-state index contributed by atoms with van der Waals surface area (Å²) in [7, 11) is 0. The molecule has 3 rings (SSSR count). The second kappa shape index (κ2) is 5.94. The quantitative estimate of drug-likeness (QED) is 0.866. The third kappa shape index (κ3) is 2.92. The molecular weight excluding hydrogens is 252 g/mol. The minimum atomic E-state index is 0.689. The van der Waals surface area contributed by atoms with Crippen LogP contribution in [0, 0.1) is 0 Å². The van der Waals surface area contributed by atoms with Gasteiger partial charge in [0.25, 0.3) is 5.95 Å². The number of nitrogens with zero attached hydrogens (tertiary/aromatic N) is 3. The van der Waals surface area contributed by atoms with Gasteiger partial charge in [-0.05, 0) is 42.5 Å². The highest BCUT2D eigenvalue weighted by molar-refractivity contribution is 5.46. The second-order valence-electron chi connectivity index (χ2n) is 5.23. The molecule has 0 atom stereocenters. The standard InChI is InChI=1S/C15H20N4O/c16-13-7-3-2-6-12(13)8-9-14-17-15(18-20-14)19-10-4-1-5-11-19/h2-3,6-7H,1,4-5,8-11,16H2. The molecule has 0 amide bonds. The molecule has 1 saturated heterocycles. The molecule has 0 aliphatic carbocycles. The highest BCUT2D eigenvalue weighted by atomic mass is 16.5. The number of hydrogen-bond acceptors (Lipinski definition) is 5. The number of hydrogen-bond donors (Lipinski definition) is 1. The average molecular weight is 272 g/mol. The molecule has 2 aromatic rings. The zero-order chi connectivity index (χ0) is 13.8. The van der Waals surface area contributed by atoms with Crippen molar-refractivity contribution in [3.8, 4) is 0 Å². The van der Waals surface area contributed by atoms with Gasteiger partial charge in [-0.1, -0.05) is 18.2 Å². The Morgan fingerprint density at radius 3 is 2.70 bits per heavy atom. The van der Waals surface area contributed by atoms with Crippen molar-refractivity contribution in [3.05, 3.63) is 35.7 Å². The van der Waals surface area contributed by atoms with Crippen molar-refractivity contribution in [2.45, 2.75) is 32.1 Å². The van der Waals surface area contributed by atoms with Crippen LogP contribution in [0.25, 0.3) is 0 Å². The van der Waals surface area contributed by atoms with E-state index in [-0.39, 0.29) is 0 Å². The van der Waals surface area contributed by atoms with Crippen LogP contribution in [0.15, 0.2) is 28.8 Å². The maximum Gasteiger partial charge on any atom is 0.266 e. The van der Waals surface area contributed by atoms with Crippen molar-refractivity contribution in [2.75, 3.05) is 23.7 Å². The van der Waals surface area contributed by atoms with Gasteiger partial charge in [0.05, 0.1) is 0 Å². The number of piperidine rings is 1. The fourth-order valence-electron chi connectivity index (χ4n) is 2.57. The Hall–Kier alpha value is -2.04. The Bertz CT molecular complexity index is 561. The fraction of sp³-hybridized carbons (Fsp3) is 0.467. The van der Waals surface area contributed by atoms with Crippen molar-refractivity contribution in [3.63, 3.8) is 0 Å². The van der Waals surface area contributed by atoms with Gasteiger partial charge in [-0.2, -0.15) is 4.98 Å². The van der Waals surface area contributed by atoms with Crippen LogP contribution >= 0.6 is 0 Å². The first-order valence-corrected chi connectivity index (χ1v) is 7.24. The molecule has 1 aliphatic heterocycles. The summed E-state index contributed by atoms with van der Waals surface area (Å²) in [5.41, 5.74) is 7.88. The van der Waals surface area contributed by atoms with Crippen LogP contribution < -0.4 is 10.6 Å². The summed E-state index contributed by atoms with van der Waals surface area (Å²) >= 11 is 0. The lowest BCUT2D eigenvalue weighted by Gasteiger charge is -2.24.